The Balaban J connectivity index is 2.54. The minimum atomic E-state index is -3.37. The number of nitro groups is 1. The van der Waals surface area contributed by atoms with E-state index < -0.39 is 14.9 Å². The first-order chi connectivity index (χ1) is 8.45. The number of nitro benzene ring substituents is 1. The van der Waals surface area contributed by atoms with Crippen molar-refractivity contribution in [3.8, 4) is 0 Å². The molecule has 0 aromatic heterocycles. The van der Waals surface area contributed by atoms with Crippen molar-refractivity contribution in [1.29, 1.82) is 0 Å². The molecule has 0 saturated heterocycles. The summed E-state index contributed by atoms with van der Waals surface area (Å²) in [6.45, 7) is 1.96. The second kappa shape index (κ2) is 4.56. The van der Waals surface area contributed by atoms with Crippen LogP contribution < -0.4 is 4.31 Å². The van der Waals surface area contributed by atoms with Crippen molar-refractivity contribution in [1.82, 2.24) is 0 Å². The van der Waals surface area contributed by atoms with Gasteiger partial charge in [-0.15, -0.1) is 0 Å². The molecule has 98 valence electrons. The normalized spacial score (nSPS) is 15.3. The summed E-state index contributed by atoms with van der Waals surface area (Å²) >= 11 is 0. The molecule has 0 bridgehead atoms. The van der Waals surface area contributed by atoms with Crippen LogP contribution in [-0.2, 0) is 16.4 Å². The molecular weight excluding hydrogens is 256 g/mol. The Hall–Kier alpha value is -1.63. The van der Waals surface area contributed by atoms with Gasteiger partial charge in [0.15, 0.2) is 0 Å². The predicted octanol–water partition coefficient (Wildman–Crippen LogP) is 1.70. The van der Waals surface area contributed by atoms with E-state index >= 15 is 0 Å². The molecule has 0 aliphatic carbocycles. The number of hydrogen-bond donors (Lipinski definition) is 0. The lowest BCUT2D eigenvalue weighted by Crippen LogP contribution is -2.36. The molecule has 0 atom stereocenters. The van der Waals surface area contributed by atoms with Gasteiger partial charge in [-0.2, -0.15) is 0 Å². The fourth-order valence-corrected chi connectivity index (χ4v) is 3.28. The van der Waals surface area contributed by atoms with E-state index in [1.54, 1.807) is 13.0 Å². The molecule has 0 N–H and O–H groups in total. The summed E-state index contributed by atoms with van der Waals surface area (Å²) in [4.78, 5) is 10.2. The highest BCUT2D eigenvalue weighted by atomic mass is 32.2. The first kappa shape index (κ1) is 12.8. The number of anilines is 1. The third-order valence-electron chi connectivity index (χ3n) is 3.06. The molecule has 1 aliphatic heterocycles. The van der Waals surface area contributed by atoms with Crippen molar-refractivity contribution in [2.45, 2.75) is 19.8 Å². The highest BCUT2D eigenvalue weighted by molar-refractivity contribution is 7.92. The van der Waals surface area contributed by atoms with E-state index in [1.807, 2.05) is 0 Å². The Morgan fingerprint density at radius 2 is 2.17 bits per heavy atom. The van der Waals surface area contributed by atoms with Crippen LogP contribution in [0.4, 0.5) is 11.4 Å². The summed E-state index contributed by atoms with van der Waals surface area (Å²) in [5, 5.41) is 10.8. The van der Waals surface area contributed by atoms with Crippen molar-refractivity contribution in [3.05, 3.63) is 33.9 Å². The second-order valence-electron chi connectivity index (χ2n) is 4.15. The van der Waals surface area contributed by atoms with E-state index in [0.717, 1.165) is 18.4 Å². The third kappa shape index (κ3) is 2.17. The zero-order valence-electron chi connectivity index (χ0n) is 10.00. The molecule has 7 heteroatoms. The van der Waals surface area contributed by atoms with Crippen molar-refractivity contribution >= 4 is 21.4 Å². The quantitative estimate of drug-likeness (QED) is 0.618. The Kier molecular flexibility index (Phi) is 3.25. The molecule has 6 nitrogen and oxygen atoms in total. The number of sulfonamides is 1. The summed E-state index contributed by atoms with van der Waals surface area (Å²) in [5.74, 6) is -0.00483. The number of hydrogen-bond acceptors (Lipinski definition) is 4. The van der Waals surface area contributed by atoms with Crippen LogP contribution >= 0.6 is 0 Å². The van der Waals surface area contributed by atoms with Gasteiger partial charge in [0.1, 0.15) is 0 Å². The summed E-state index contributed by atoms with van der Waals surface area (Å²) in [7, 11) is -3.37. The zero-order valence-corrected chi connectivity index (χ0v) is 10.8. The topological polar surface area (TPSA) is 80.5 Å². The third-order valence-corrected chi connectivity index (χ3v) is 4.84. The summed E-state index contributed by atoms with van der Waals surface area (Å²) < 4.78 is 25.2. The van der Waals surface area contributed by atoms with Crippen molar-refractivity contribution in [2.75, 3.05) is 16.6 Å². The summed E-state index contributed by atoms with van der Waals surface area (Å²) in [6, 6.07) is 4.41. The largest absolute Gasteiger partial charge is 0.271 e. The van der Waals surface area contributed by atoms with Gasteiger partial charge >= 0.3 is 0 Å². The predicted molar refractivity (Wildman–Crippen MR) is 68.2 cm³/mol. The van der Waals surface area contributed by atoms with Crippen LogP contribution in [0, 0.1) is 10.1 Å². The molecule has 18 heavy (non-hydrogen) atoms. The van der Waals surface area contributed by atoms with Crippen LogP contribution in [-0.4, -0.2) is 25.6 Å². The minimum absolute atomic E-state index is 0.00483. The maximum atomic E-state index is 12.0. The number of benzene rings is 1. The molecule has 0 radical (unpaired) electrons. The molecule has 2 rings (SSSR count). The molecule has 1 aliphatic rings. The van der Waals surface area contributed by atoms with Crippen molar-refractivity contribution < 1.29 is 13.3 Å². The number of nitrogens with zero attached hydrogens (tertiary/aromatic N) is 2. The van der Waals surface area contributed by atoms with Gasteiger partial charge in [0, 0.05) is 18.7 Å². The van der Waals surface area contributed by atoms with Crippen LogP contribution in [0.15, 0.2) is 18.2 Å². The van der Waals surface area contributed by atoms with Gasteiger partial charge in [0.05, 0.1) is 16.4 Å². The standard InChI is InChI=1S/C11H14N2O4S/c1-2-18(16,17)12-7-3-4-9-5-6-10(13(14)15)8-11(9)12/h5-6,8H,2-4,7H2,1H3. The summed E-state index contributed by atoms with van der Waals surface area (Å²) in [6.07, 6.45) is 1.49. The first-order valence-corrected chi connectivity index (χ1v) is 7.34. The highest BCUT2D eigenvalue weighted by Crippen LogP contribution is 2.32. The zero-order chi connectivity index (χ0) is 13.3. The lowest BCUT2D eigenvalue weighted by Gasteiger charge is -2.29. The van der Waals surface area contributed by atoms with Gasteiger partial charge in [-0.25, -0.2) is 8.42 Å². The fourth-order valence-electron chi connectivity index (χ4n) is 2.09. The lowest BCUT2D eigenvalue weighted by molar-refractivity contribution is -0.384. The lowest BCUT2D eigenvalue weighted by atomic mass is 10.0. The van der Waals surface area contributed by atoms with E-state index in [4.69, 9.17) is 0 Å². The van der Waals surface area contributed by atoms with Crippen molar-refractivity contribution in [3.63, 3.8) is 0 Å². The van der Waals surface area contributed by atoms with Crippen molar-refractivity contribution in [2.24, 2.45) is 0 Å². The molecule has 0 unspecified atom stereocenters. The van der Waals surface area contributed by atoms with Gasteiger partial charge in [0.2, 0.25) is 10.0 Å². The van der Waals surface area contributed by atoms with E-state index in [0.29, 0.717) is 12.2 Å². The maximum absolute atomic E-state index is 12.0. The summed E-state index contributed by atoms with van der Waals surface area (Å²) in [5.41, 5.74) is 1.23. The Labute approximate surface area is 105 Å². The van der Waals surface area contributed by atoms with Gasteiger partial charge in [-0.3, -0.25) is 14.4 Å². The molecule has 0 saturated carbocycles. The van der Waals surface area contributed by atoms with Crippen LogP contribution in [0.3, 0.4) is 0 Å². The van der Waals surface area contributed by atoms with E-state index in [2.05, 4.69) is 0 Å². The fraction of sp³-hybridized carbons (Fsp3) is 0.455. The number of non-ortho nitro benzene ring substituents is 1. The first-order valence-electron chi connectivity index (χ1n) is 5.73. The van der Waals surface area contributed by atoms with Crippen LogP contribution in [0.2, 0.25) is 0 Å². The highest BCUT2D eigenvalue weighted by Gasteiger charge is 2.27. The molecule has 0 fully saturated rings. The second-order valence-corrected chi connectivity index (χ2v) is 6.33. The maximum Gasteiger partial charge on any atom is 0.271 e. The SMILES string of the molecule is CCS(=O)(=O)N1CCCc2ccc([N+](=O)[O-])cc21. The minimum Gasteiger partial charge on any atom is -0.270 e. The number of rotatable bonds is 3. The number of aryl methyl sites for hydroxylation is 1. The van der Waals surface area contributed by atoms with Crippen LogP contribution in [0.25, 0.3) is 0 Å². The van der Waals surface area contributed by atoms with E-state index in [-0.39, 0.29) is 11.4 Å². The molecule has 0 spiro atoms. The monoisotopic (exact) mass is 270 g/mol. The average molecular weight is 270 g/mol. The molecule has 1 heterocycles. The average Bonchev–Trinajstić information content (AvgIpc) is 2.37. The van der Waals surface area contributed by atoms with Gasteiger partial charge in [-0.05, 0) is 25.3 Å². The van der Waals surface area contributed by atoms with Crippen LogP contribution in [0.5, 0.6) is 0 Å². The van der Waals surface area contributed by atoms with Gasteiger partial charge < -0.3 is 0 Å². The Bertz CT molecular complexity index is 583. The number of fused-ring (bicyclic) bond motifs is 1. The Morgan fingerprint density at radius 1 is 1.44 bits per heavy atom. The Morgan fingerprint density at radius 3 is 2.78 bits per heavy atom. The van der Waals surface area contributed by atoms with Crippen LogP contribution in [0.1, 0.15) is 18.9 Å². The molecule has 1 aromatic carbocycles. The smallest absolute Gasteiger partial charge is 0.270 e. The molecule has 1 aromatic rings. The van der Waals surface area contributed by atoms with E-state index in [9.17, 15) is 18.5 Å². The van der Waals surface area contributed by atoms with E-state index in [1.165, 1.54) is 16.4 Å². The van der Waals surface area contributed by atoms with Gasteiger partial charge in [-0.1, -0.05) is 6.07 Å². The molecular formula is C11H14N2O4S. The van der Waals surface area contributed by atoms with Gasteiger partial charge in [0.25, 0.3) is 5.69 Å². The molecule has 0 amide bonds.